The monoisotopic (exact) mass is 535 g/mol. The summed E-state index contributed by atoms with van der Waals surface area (Å²) in [5.41, 5.74) is 8.12. The van der Waals surface area contributed by atoms with Gasteiger partial charge in [0.05, 0.1) is 12.2 Å². The molecule has 40 heavy (non-hydrogen) atoms. The van der Waals surface area contributed by atoms with E-state index in [2.05, 4.69) is 109 Å². The van der Waals surface area contributed by atoms with E-state index in [1.54, 1.807) is 6.20 Å². The molecule has 0 spiro atoms. The van der Waals surface area contributed by atoms with E-state index in [9.17, 15) is 4.79 Å². The zero-order valence-electron chi connectivity index (χ0n) is 24.0. The minimum Gasteiger partial charge on any atom is -0.292 e. The molecule has 0 atom stereocenters. The Labute approximate surface area is 235 Å². The van der Waals surface area contributed by atoms with Gasteiger partial charge >= 0.3 is 5.69 Å². The Bertz CT molecular complexity index is 1640. The number of rotatable bonds is 9. The number of aromatic nitrogens is 7. The second kappa shape index (κ2) is 11.4. The van der Waals surface area contributed by atoms with Crippen molar-refractivity contribution in [2.24, 2.45) is 0 Å². The van der Waals surface area contributed by atoms with Gasteiger partial charge in [-0.1, -0.05) is 96.0 Å². The van der Waals surface area contributed by atoms with Crippen molar-refractivity contribution in [3.8, 4) is 28.3 Å². The van der Waals surface area contributed by atoms with Crippen molar-refractivity contribution in [2.45, 2.75) is 72.3 Å². The van der Waals surface area contributed by atoms with Gasteiger partial charge in [0.25, 0.3) is 0 Å². The summed E-state index contributed by atoms with van der Waals surface area (Å²) in [6.45, 7) is 11.5. The second-order valence-electron chi connectivity index (χ2n) is 11.3. The number of tetrazole rings is 1. The van der Waals surface area contributed by atoms with Gasteiger partial charge in [-0.15, -0.1) is 5.10 Å². The lowest BCUT2D eigenvalue weighted by Gasteiger charge is -2.25. The van der Waals surface area contributed by atoms with E-state index in [4.69, 9.17) is 0 Å². The van der Waals surface area contributed by atoms with Crippen LogP contribution in [0.1, 0.15) is 69.8 Å². The SMILES string of the molecule is CCCc1cccc(C(C)(C)C)c1-n1cc(CCC)n(Cc2ccc(-c3cccnc3-c3nnn[nH]3)cc2)c1=O. The summed E-state index contributed by atoms with van der Waals surface area (Å²) in [5, 5.41) is 14.2. The molecule has 8 nitrogen and oxygen atoms in total. The van der Waals surface area contributed by atoms with Crippen LogP contribution in [-0.4, -0.2) is 34.7 Å². The topological polar surface area (TPSA) is 94.3 Å². The quantitative estimate of drug-likeness (QED) is 0.245. The van der Waals surface area contributed by atoms with Crippen LogP contribution < -0.4 is 5.69 Å². The Morgan fingerprint density at radius 2 is 1.70 bits per heavy atom. The minimum absolute atomic E-state index is 0.00828. The van der Waals surface area contributed by atoms with Crippen molar-refractivity contribution in [1.82, 2.24) is 34.7 Å². The number of H-pyrrole nitrogens is 1. The van der Waals surface area contributed by atoms with E-state index < -0.39 is 0 Å². The third kappa shape index (κ3) is 5.39. The molecule has 0 aliphatic rings. The van der Waals surface area contributed by atoms with Crippen molar-refractivity contribution in [3.05, 3.63) is 99.9 Å². The average molecular weight is 536 g/mol. The van der Waals surface area contributed by atoms with Crippen molar-refractivity contribution >= 4 is 0 Å². The van der Waals surface area contributed by atoms with E-state index in [0.29, 0.717) is 18.1 Å². The molecule has 2 aromatic carbocycles. The number of nitrogens with zero attached hydrogens (tertiary/aromatic N) is 6. The number of hydrogen-bond acceptors (Lipinski definition) is 5. The molecule has 1 N–H and O–H groups in total. The predicted molar refractivity (Wildman–Crippen MR) is 159 cm³/mol. The lowest BCUT2D eigenvalue weighted by atomic mass is 9.84. The highest BCUT2D eigenvalue weighted by atomic mass is 16.1. The summed E-state index contributed by atoms with van der Waals surface area (Å²) < 4.78 is 3.83. The zero-order chi connectivity index (χ0) is 28.3. The van der Waals surface area contributed by atoms with Gasteiger partial charge < -0.3 is 0 Å². The lowest BCUT2D eigenvalue weighted by Crippen LogP contribution is -2.27. The van der Waals surface area contributed by atoms with E-state index in [1.807, 2.05) is 21.3 Å². The zero-order valence-corrected chi connectivity index (χ0v) is 24.0. The highest BCUT2D eigenvalue weighted by Crippen LogP contribution is 2.32. The van der Waals surface area contributed by atoms with Gasteiger partial charge in [0.1, 0.15) is 5.69 Å². The standard InChI is InChI=1S/C32H37N7O/c1-6-10-24-12-8-14-27(32(3,4)5)29(24)39-21-25(11-7-2)38(31(39)40)20-22-15-17-23(18-16-22)26-13-9-19-33-28(26)30-34-36-37-35-30/h8-9,12-19,21H,6-7,10-11,20H2,1-5H3,(H,34,35,36,37). The molecule has 3 aromatic heterocycles. The summed E-state index contributed by atoms with van der Waals surface area (Å²) in [6, 6.07) is 18.6. The molecule has 0 saturated carbocycles. The Balaban J connectivity index is 1.53. The van der Waals surface area contributed by atoms with E-state index in [1.165, 1.54) is 11.1 Å². The Hall–Kier alpha value is -4.33. The van der Waals surface area contributed by atoms with E-state index >= 15 is 0 Å². The molecule has 0 unspecified atom stereocenters. The predicted octanol–water partition coefficient (Wildman–Crippen LogP) is 6.13. The highest BCUT2D eigenvalue weighted by molar-refractivity contribution is 5.77. The molecular weight excluding hydrogens is 498 g/mol. The molecule has 8 heteroatoms. The highest BCUT2D eigenvalue weighted by Gasteiger charge is 2.24. The normalized spacial score (nSPS) is 11.7. The van der Waals surface area contributed by atoms with Gasteiger partial charge in [-0.2, -0.15) is 0 Å². The maximum absolute atomic E-state index is 14.1. The maximum atomic E-state index is 14.1. The fourth-order valence-electron chi connectivity index (χ4n) is 5.32. The van der Waals surface area contributed by atoms with Gasteiger partial charge in [-0.3, -0.25) is 14.1 Å². The molecule has 0 radical (unpaired) electrons. The third-order valence-electron chi connectivity index (χ3n) is 7.24. The summed E-state index contributed by atoms with van der Waals surface area (Å²) >= 11 is 0. The number of hydrogen-bond donors (Lipinski definition) is 1. The lowest BCUT2D eigenvalue weighted by molar-refractivity contribution is 0.583. The largest absolute Gasteiger partial charge is 0.333 e. The summed E-state index contributed by atoms with van der Waals surface area (Å²) in [7, 11) is 0. The van der Waals surface area contributed by atoms with Crippen molar-refractivity contribution in [2.75, 3.05) is 0 Å². The van der Waals surface area contributed by atoms with Crippen LogP contribution in [0.5, 0.6) is 0 Å². The smallest absolute Gasteiger partial charge is 0.292 e. The summed E-state index contributed by atoms with van der Waals surface area (Å²) in [4.78, 5) is 18.6. The van der Waals surface area contributed by atoms with Gasteiger partial charge in [-0.25, -0.2) is 9.89 Å². The van der Waals surface area contributed by atoms with Crippen LogP contribution >= 0.6 is 0 Å². The first kappa shape index (κ1) is 27.2. The van der Waals surface area contributed by atoms with Gasteiger partial charge in [0.15, 0.2) is 5.82 Å². The van der Waals surface area contributed by atoms with Crippen molar-refractivity contribution in [1.29, 1.82) is 0 Å². The Kier molecular flexibility index (Phi) is 7.78. The van der Waals surface area contributed by atoms with Crippen LogP contribution in [-0.2, 0) is 24.8 Å². The number of pyridine rings is 1. The first-order chi connectivity index (χ1) is 19.3. The first-order valence-electron chi connectivity index (χ1n) is 14.0. The molecule has 0 fully saturated rings. The number of aryl methyl sites for hydroxylation is 2. The molecule has 0 bridgehead atoms. The third-order valence-corrected chi connectivity index (χ3v) is 7.24. The fourth-order valence-corrected chi connectivity index (χ4v) is 5.32. The Morgan fingerprint density at radius 3 is 2.38 bits per heavy atom. The molecule has 0 aliphatic carbocycles. The Morgan fingerprint density at radius 1 is 0.925 bits per heavy atom. The maximum Gasteiger partial charge on any atom is 0.333 e. The molecule has 0 amide bonds. The van der Waals surface area contributed by atoms with Crippen LogP contribution in [0.3, 0.4) is 0 Å². The van der Waals surface area contributed by atoms with Crippen LogP contribution in [0.25, 0.3) is 28.3 Å². The second-order valence-corrected chi connectivity index (χ2v) is 11.3. The molecule has 5 rings (SSSR count). The average Bonchev–Trinajstić information content (AvgIpc) is 3.58. The number of para-hydroxylation sites is 1. The van der Waals surface area contributed by atoms with Crippen LogP contribution in [0.2, 0.25) is 0 Å². The molecule has 0 aliphatic heterocycles. The van der Waals surface area contributed by atoms with Crippen molar-refractivity contribution in [3.63, 3.8) is 0 Å². The van der Waals surface area contributed by atoms with Crippen LogP contribution in [0.4, 0.5) is 0 Å². The molecule has 0 saturated heterocycles. The van der Waals surface area contributed by atoms with Gasteiger partial charge in [0.2, 0.25) is 0 Å². The summed E-state index contributed by atoms with van der Waals surface area (Å²) in [6.07, 6.45) is 7.55. The van der Waals surface area contributed by atoms with Gasteiger partial charge in [-0.05, 0) is 57.0 Å². The van der Waals surface area contributed by atoms with E-state index in [-0.39, 0.29) is 11.1 Å². The number of aromatic amines is 1. The number of benzene rings is 2. The van der Waals surface area contributed by atoms with Gasteiger partial charge in [0, 0.05) is 23.7 Å². The molecule has 5 aromatic rings. The summed E-state index contributed by atoms with van der Waals surface area (Å²) in [5.74, 6) is 0.523. The first-order valence-corrected chi connectivity index (χ1v) is 14.0. The molecule has 3 heterocycles. The molecular formula is C32H37N7O. The fraction of sp³-hybridized carbons (Fsp3) is 0.344. The minimum atomic E-state index is -0.0890. The van der Waals surface area contributed by atoms with Crippen LogP contribution in [0, 0.1) is 0 Å². The number of imidazole rings is 1. The van der Waals surface area contributed by atoms with Crippen molar-refractivity contribution < 1.29 is 0 Å². The van der Waals surface area contributed by atoms with Crippen LogP contribution in [0.15, 0.2) is 71.8 Å². The molecule has 206 valence electrons. The van der Waals surface area contributed by atoms with E-state index in [0.717, 1.165) is 53.8 Å². The number of nitrogens with one attached hydrogen (secondary N) is 1.